The molecule has 0 aromatic heterocycles. The summed E-state index contributed by atoms with van der Waals surface area (Å²) in [5.74, 6) is -1.08. The molecule has 0 atom stereocenters. The third-order valence-electron chi connectivity index (χ3n) is 4.53. The lowest BCUT2D eigenvalue weighted by Crippen LogP contribution is -3.15. The smallest absolute Gasteiger partial charge is 0.321 e. The Morgan fingerprint density at radius 2 is 1.93 bits per heavy atom. The molecule has 8 nitrogen and oxygen atoms in total. The first-order valence-electron chi connectivity index (χ1n) is 8.65. The van der Waals surface area contributed by atoms with E-state index in [9.17, 15) is 22.4 Å². The first kappa shape index (κ1) is 20.0. The number of carbonyl (C=O) groups excluding carboxylic acids is 2. The van der Waals surface area contributed by atoms with Crippen LogP contribution in [0.4, 0.5) is 9.18 Å². The van der Waals surface area contributed by atoms with Crippen LogP contribution in [0.1, 0.15) is 12.8 Å². The topological polar surface area (TPSA) is 100 Å². The minimum absolute atomic E-state index is 0.0631. The highest BCUT2D eigenvalue weighted by Crippen LogP contribution is 2.22. The quantitative estimate of drug-likeness (QED) is 0.591. The number of amides is 3. The van der Waals surface area contributed by atoms with Crippen LogP contribution >= 0.6 is 11.6 Å². The summed E-state index contributed by atoms with van der Waals surface area (Å²) in [4.78, 5) is 24.3. The Labute approximate surface area is 161 Å². The molecule has 148 valence electrons. The van der Waals surface area contributed by atoms with Crippen LogP contribution in [0, 0.1) is 5.82 Å². The molecular weight excluding hydrogens is 399 g/mol. The summed E-state index contributed by atoms with van der Waals surface area (Å²) in [7, 11) is -3.77. The molecule has 1 aliphatic carbocycles. The molecule has 0 spiro atoms. The van der Waals surface area contributed by atoms with Crippen LogP contribution in [-0.4, -0.2) is 63.4 Å². The van der Waals surface area contributed by atoms with Crippen molar-refractivity contribution in [1.29, 1.82) is 0 Å². The fourth-order valence-corrected chi connectivity index (χ4v) is 4.57. The van der Waals surface area contributed by atoms with Crippen LogP contribution in [-0.2, 0) is 14.8 Å². The fraction of sp³-hybridized carbons (Fsp3) is 0.500. The average molecular weight is 420 g/mol. The highest BCUT2D eigenvalue weighted by atomic mass is 35.5. The minimum atomic E-state index is -3.77. The molecule has 1 heterocycles. The third-order valence-corrected chi connectivity index (χ3v) is 6.72. The van der Waals surface area contributed by atoms with Crippen molar-refractivity contribution in [3.05, 3.63) is 29.0 Å². The number of halogens is 2. The van der Waals surface area contributed by atoms with E-state index in [0.717, 1.165) is 29.9 Å². The molecule has 1 aromatic carbocycles. The summed E-state index contributed by atoms with van der Waals surface area (Å²) in [6.07, 6.45) is 1.87. The van der Waals surface area contributed by atoms with E-state index in [1.807, 2.05) is 0 Å². The van der Waals surface area contributed by atoms with Gasteiger partial charge in [0, 0.05) is 6.04 Å². The fourth-order valence-electron chi connectivity index (χ4n) is 2.85. The molecule has 2 fully saturated rings. The molecule has 0 unspecified atom stereocenters. The zero-order valence-electron chi connectivity index (χ0n) is 14.5. The van der Waals surface area contributed by atoms with Gasteiger partial charge in [-0.15, -0.1) is 0 Å². The molecular formula is C16H21ClFN4O4S+. The first-order valence-corrected chi connectivity index (χ1v) is 10.5. The number of nitrogens with zero attached hydrogens (tertiary/aromatic N) is 1. The van der Waals surface area contributed by atoms with Gasteiger partial charge in [-0.3, -0.25) is 10.1 Å². The summed E-state index contributed by atoms with van der Waals surface area (Å²) in [6.45, 7) is 1.37. The van der Waals surface area contributed by atoms with Gasteiger partial charge >= 0.3 is 6.03 Å². The second-order valence-electron chi connectivity index (χ2n) is 6.70. The van der Waals surface area contributed by atoms with E-state index in [-0.39, 0.29) is 35.6 Å². The number of piperazine rings is 1. The Bertz CT molecular complexity index is 839. The van der Waals surface area contributed by atoms with E-state index < -0.39 is 27.8 Å². The molecule has 0 radical (unpaired) electrons. The van der Waals surface area contributed by atoms with E-state index in [0.29, 0.717) is 13.1 Å². The van der Waals surface area contributed by atoms with Crippen LogP contribution in [0.5, 0.6) is 0 Å². The maximum atomic E-state index is 13.3. The molecule has 3 N–H and O–H groups in total. The lowest BCUT2D eigenvalue weighted by Gasteiger charge is -2.31. The largest absolute Gasteiger partial charge is 0.335 e. The van der Waals surface area contributed by atoms with E-state index in [2.05, 4.69) is 10.6 Å². The standard InChI is InChI=1S/C16H20ClFN4O4S/c17-13-9-12(3-4-14(13)18)27(25,26)22-7-5-21(6-8-22)10-15(23)20-16(24)19-11-1-2-11/h3-4,9,11H,1-2,5-8,10H2,(H2,19,20,23,24)/p+1. The number of urea groups is 1. The number of hydrogen-bond acceptors (Lipinski definition) is 4. The second kappa shape index (κ2) is 8.09. The minimum Gasteiger partial charge on any atom is -0.335 e. The van der Waals surface area contributed by atoms with Crippen molar-refractivity contribution in [2.45, 2.75) is 23.8 Å². The molecule has 3 amide bonds. The molecule has 11 heteroatoms. The summed E-state index contributed by atoms with van der Waals surface area (Å²) < 4.78 is 39.8. The second-order valence-corrected chi connectivity index (χ2v) is 9.05. The van der Waals surface area contributed by atoms with Crippen LogP contribution in [0.15, 0.2) is 23.1 Å². The maximum Gasteiger partial charge on any atom is 0.321 e. The molecule has 27 heavy (non-hydrogen) atoms. The maximum absolute atomic E-state index is 13.3. The van der Waals surface area contributed by atoms with Crippen molar-refractivity contribution < 1.29 is 27.3 Å². The van der Waals surface area contributed by atoms with E-state index >= 15 is 0 Å². The number of benzene rings is 1. The normalized spacial score (nSPS) is 18.9. The Morgan fingerprint density at radius 3 is 2.52 bits per heavy atom. The van der Waals surface area contributed by atoms with Gasteiger partial charge in [0.05, 0.1) is 36.1 Å². The van der Waals surface area contributed by atoms with Crippen LogP contribution in [0.3, 0.4) is 0 Å². The summed E-state index contributed by atoms with van der Waals surface area (Å²) in [5.41, 5.74) is 0. The number of sulfonamides is 1. The van der Waals surface area contributed by atoms with Gasteiger partial charge in [-0.1, -0.05) is 11.6 Å². The summed E-state index contributed by atoms with van der Waals surface area (Å²) in [6, 6.07) is 2.97. The number of rotatable bonds is 5. The monoisotopic (exact) mass is 419 g/mol. The van der Waals surface area contributed by atoms with Gasteiger partial charge in [0.25, 0.3) is 5.91 Å². The Hall–Kier alpha value is -1.75. The van der Waals surface area contributed by atoms with Crippen LogP contribution in [0.2, 0.25) is 5.02 Å². The van der Waals surface area contributed by atoms with Crippen molar-refractivity contribution in [3.63, 3.8) is 0 Å². The Balaban J connectivity index is 1.50. The molecule has 2 aliphatic rings. The van der Waals surface area contributed by atoms with Crippen LogP contribution in [0.25, 0.3) is 0 Å². The van der Waals surface area contributed by atoms with Gasteiger partial charge in [-0.25, -0.2) is 17.6 Å². The van der Waals surface area contributed by atoms with Gasteiger partial charge in [0.15, 0.2) is 6.54 Å². The predicted octanol–water partition coefficient (Wildman–Crippen LogP) is -0.643. The van der Waals surface area contributed by atoms with Gasteiger partial charge in [0.1, 0.15) is 5.82 Å². The van der Waals surface area contributed by atoms with E-state index in [4.69, 9.17) is 11.6 Å². The summed E-state index contributed by atoms with van der Waals surface area (Å²) >= 11 is 5.68. The molecule has 1 aromatic rings. The first-order chi connectivity index (χ1) is 12.8. The number of nitrogens with one attached hydrogen (secondary N) is 3. The molecule has 3 rings (SSSR count). The van der Waals surface area contributed by atoms with Gasteiger partial charge in [-0.2, -0.15) is 4.31 Å². The van der Waals surface area contributed by atoms with E-state index in [1.54, 1.807) is 0 Å². The number of quaternary nitrogens is 1. The number of hydrogen-bond donors (Lipinski definition) is 3. The Kier molecular flexibility index (Phi) is 5.99. The molecule has 1 saturated heterocycles. The highest BCUT2D eigenvalue weighted by Gasteiger charge is 2.32. The molecule has 1 saturated carbocycles. The van der Waals surface area contributed by atoms with Crippen molar-refractivity contribution in [1.82, 2.24) is 14.9 Å². The predicted molar refractivity (Wildman–Crippen MR) is 95.4 cm³/mol. The van der Waals surface area contributed by atoms with Gasteiger partial charge < -0.3 is 10.2 Å². The number of carbonyl (C=O) groups is 2. The summed E-state index contributed by atoms with van der Waals surface area (Å²) in [5, 5.41) is 4.71. The average Bonchev–Trinajstić information content (AvgIpc) is 3.41. The highest BCUT2D eigenvalue weighted by molar-refractivity contribution is 7.89. The van der Waals surface area contributed by atoms with E-state index in [1.165, 1.54) is 10.4 Å². The molecule has 1 aliphatic heterocycles. The van der Waals surface area contributed by atoms with Gasteiger partial charge in [-0.05, 0) is 31.0 Å². The van der Waals surface area contributed by atoms with Crippen molar-refractivity contribution >= 4 is 33.6 Å². The van der Waals surface area contributed by atoms with Crippen molar-refractivity contribution in [3.8, 4) is 0 Å². The lowest BCUT2D eigenvalue weighted by atomic mass is 10.3. The zero-order valence-corrected chi connectivity index (χ0v) is 16.1. The van der Waals surface area contributed by atoms with Gasteiger partial charge in [0.2, 0.25) is 10.0 Å². The zero-order chi connectivity index (χ0) is 19.6. The SMILES string of the molecule is O=C(C[NH+]1CCN(S(=O)(=O)c2ccc(F)c(Cl)c2)CC1)NC(=O)NC1CC1. The van der Waals surface area contributed by atoms with Crippen LogP contribution < -0.4 is 15.5 Å². The van der Waals surface area contributed by atoms with Crippen molar-refractivity contribution in [2.24, 2.45) is 0 Å². The number of imide groups is 1. The lowest BCUT2D eigenvalue weighted by molar-refractivity contribution is -0.895. The third kappa shape index (κ3) is 5.16. The Morgan fingerprint density at radius 1 is 1.26 bits per heavy atom. The van der Waals surface area contributed by atoms with Crippen molar-refractivity contribution in [2.75, 3.05) is 32.7 Å². The molecule has 0 bridgehead atoms.